The quantitative estimate of drug-likeness (QED) is 0.358. The molecule has 150 valence electrons. The van der Waals surface area contributed by atoms with Gasteiger partial charge in [0.25, 0.3) is 11.6 Å². The van der Waals surface area contributed by atoms with Crippen LogP contribution in [0.25, 0.3) is 0 Å². The Morgan fingerprint density at radius 1 is 1.00 bits per heavy atom. The summed E-state index contributed by atoms with van der Waals surface area (Å²) in [7, 11) is 0. The van der Waals surface area contributed by atoms with Crippen molar-refractivity contribution in [1.29, 1.82) is 0 Å². The molecule has 11 nitrogen and oxygen atoms in total. The van der Waals surface area contributed by atoms with Gasteiger partial charge in [-0.15, -0.1) is 0 Å². The summed E-state index contributed by atoms with van der Waals surface area (Å²) in [5.74, 6) is -0.236. The second-order valence-electron chi connectivity index (χ2n) is 5.77. The Bertz CT molecular complexity index is 1120. The molecule has 0 unspecified atom stereocenters. The van der Waals surface area contributed by atoms with Gasteiger partial charge < -0.3 is 4.74 Å². The Labute approximate surface area is 168 Å². The van der Waals surface area contributed by atoms with Crippen LogP contribution in [0.4, 0.5) is 11.4 Å². The summed E-state index contributed by atoms with van der Waals surface area (Å²) in [5, 5.41) is 25.8. The zero-order chi connectivity index (χ0) is 21.5. The van der Waals surface area contributed by atoms with E-state index in [0.29, 0.717) is 11.1 Å². The third-order valence-corrected chi connectivity index (χ3v) is 3.78. The Morgan fingerprint density at radius 2 is 1.70 bits per heavy atom. The SMILES string of the molecule is O=C(N/N=C\c1ccc(Oc2ccc([N+](=O)[O-])cc2[N+](=O)[O-])cc1)c1ccncc1. The Kier molecular flexibility index (Phi) is 6.03. The van der Waals surface area contributed by atoms with Crippen LogP contribution in [0.5, 0.6) is 11.5 Å². The fourth-order valence-electron chi connectivity index (χ4n) is 2.33. The van der Waals surface area contributed by atoms with Crippen molar-refractivity contribution in [3.8, 4) is 11.5 Å². The van der Waals surface area contributed by atoms with Gasteiger partial charge >= 0.3 is 5.69 Å². The van der Waals surface area contributed by atoms with E-state index in [0.717, 1.165) is 12.1 Å². The predicted molar refractivity (Wildman–Crippen MR) is 106 cm³/mol. The number of hydrogen-bond acceptors (Lipinski definition) is 8. The van der Waals surface area contributed by atoms with Gasteiger partial charge in [0, 0.05) is 24.0 Å². The van der Waals surface area contributed by atoms with Crippen molar-refractivity contribution in [2.45, 2.75) is 0 Å². The van der Waals surface area contributed by atoms with Crippen molar-refractivity contribution in [1.82, 2.24) is 10.4 Å². The fraction of sp³-hybridized carbons (Fsp3) is 0. The molecule has 0 aliphatic heterocycles. The summed E-state index contributed by atoms with van der Waals surface area (Å²) in [6.45, 7) is 0. The average molecular weight is 407 g/mol. The van der Waals surface area contributed by atoms with Crippen LogP contribution in [0.3, 0.4) is 0 Å². The number of nitro benzene ring substituents is 2. The van der Waals surface area contributed by atoms with Crippen molar-refractivity contribution in [2.75, 3.05) is 0 Å². The molecule has 1 N–H and O–H groups in total. The Hall–Kier alpha value is -4.67. The van der Waals surface area contributed by atoms with Gasteiger partial charge in [-0.05, 0) is 48.0 Å². The van der Waals surface area contributed by atoms with Gasteiger partial charge in [0.1, 0.15) is 5.75 Å². The monoisotopic (exact) mass is 407 g/mol. The van der Waals surface area contributed by atoms with Crippen LogP contribution in [-0.4, -0.2) is 27.0 Å². The van der Waals surface area contributed by atoms with E-state index in [2.05, 4.69) is 15.5 Å². The van der Waals surface area contributed by atoms with Crippen LogP contribution in [0.15, 0.2) is 72.1 Å². The molecule has 30 heavy (non-hydrogen) atoms. The van der Waals surface area contributed by atoms with Gasteiger partial charge in [0.05, 0.1) is 22.1 Å². The van der Waals surface area contributed by atoms with Gasteiger partial charge in [0.15, 0.2) is 0 Å². The van der Waals surface area contributed by atoms with Gasteiger partial charge in [-0.1, -0.05) is 0 Å². The number of benzene rings is 2. The number of amides is 1. The first-order chi connectivity index (χ1) is 14.4. The molecule has 1 amide bonds. The topological polar surface area (TPSA) is 150 Å². The summed E-state index contributed by atoms with van der Waals surface area (Å²) in [4.78, 5) is 36.2. The summed E-state index contributed by atoms with van der Waals surface area (Å²) in [6.07, 6.45) is 4.40. The van der Waals surface area contributed by atoms with Gasteiger partial charge in [0.2, 0.25) is 5.75 Å². The lowest BCUT2D eigenvalue weighted by Crippen LogP contribution is -2.17. The number of ether oxygens (including phenoxy) is 1. The van der Waals surface area contributed by atoms with Crippen LogP contribution in [0, 0.1) is 20.2 Å². The van der Waals surface area contributed by atoms with E-state index in [1.165, 1.54) is 36.8 Å². The molecule has 11 heteroatoms. The minimum absolute atomic E-state index is 0.128. The number of carbonyl (C=O) groups is 1. The Morgan fingerprint density at radius 3 is 2.33 bits per heavy atom. The number of hydrazone groups is 1. The molecule has 0 aliphatic rings. The second-order valence-corrected chi connectivity index (χ2v) is 5.77. The van der Waals surface area contributed by atoms with Crippen LogP contribution < -0.4 is 10.2 Å². The second kappa shape index (κ2) is 9.01. The molecule has 0 aliphatic carbocycles. The van der Waals surface area contributed by atoms with Crippen molar-refractivity contribution in [2.24, 2.45) is 5.10 Å². The van der Waals surface area contributed by atoms with Gasteiger partial charge in [-0.3, -0.25) is 30.0 Å². The molecule has 3 aromatic rings. The largest absolute Gasteiger partial charge is 0.450 e. The molecule has 0 bridgehead atoms. The molecule has 0 saturated carbocycles. The number of nitrogens with one attached hydrogen (secondary N) is 1. The zero-order valence-electron chi connectivity index (χ0n) is 15.2. The number of hydrogen-bond donors (Lipinski definition) is 1. The number of rotatable bonds is 7. The highest BCUT2D eigenvalue weighted by atomic mass is 16.6. The third kappa shape index (κ3) is 4.98. The molecular weight excluding hydrogens is 394 g/mol. The lowest BCUT2D eigenvalue weighted by Gasteiger charge is -2.06. The van der Waals surface area contributed by atoms with Gasteiger partial charge in [-0.25, -0.2) is 5.43 Å². The maximum absolute atomic E-state index is 11.9. The third-order valence-electron chi connectivity index (χ3n) is 3.78. The molecule has 1 aromatic heterocycles. The summed E-state index contributed by atoms with van der Waals surface area (Å²) in [6, 6.07) is 12.5. The van der Waals surface area contributed by atoms with Crippen molar-refractivity contribution < 1.29 is 19.4 Å². The summed E-state index contributed by atoms with van der Waals surface area (Å²) >= 11 is 0. The fourth-order valence-corrected chi connectivity index (χ4v) is 2.33. The smallest absolute Gasteiger partial charge is 0.318 e. The molecule has 0 saturated heterocycles. The number of pyridine rings is 1. The van der Waals surface area contributed by atoms with E-state index in [-0.39, 0.29) is 17.4 Å². The lowest BCUT2D eigenvalue weighted by atomic mass is 10.2. The first-order valence-corrected chi connectivity index (χ1v) is 8.38. The average Bonchev–Trinajstić information content (AvgIpc) is 2.75. The van der Waals surface area contributed by atoms with E-state index in [1.807, 2.05) is 0 Å². The van der Waals surface area contributed by atoms with Gasteiger partial charge in [-0.2, -0.15) is 5.10 Å². The highest BCUT2D eigenvalue weighted by molar-refractivity contribution is 5.94. The standard InChI is InChI=1S/C19H13N5O6/c25-19(14-7-9-20-10-8-14)22-21-12-13-1-4-16(5-2-13)30-18-6-3-15(23(26)27)11-17(18)24(28)29/h1-12H,(H,22,25)/b21-12-. The van der Waals surface area contributed by atoms with E-state index in [9.17, 15) is 25.0 Å². The van der Waals surface area contributed by atoms with E-state index >= 15 is 0 Å². The molecule has 0 fully saturated rings. The number of nitrogens with zero attached hydrogens (tertiary/aromatic N) is 4. The lowest BCUT2D eigenvalue weighted by molar-refractivity contribution is -0.394. The van der Waals surface area contributed by atoms with Crippen molar-refractivity contribution >= 4 is 23.5 Å². The highest BCUT2D eigenvalue weighted by Gasteiger charge is 2.21. The minimum Gasteiger partial charge on any atom is -0.450 e. The predicted octanol–water partition coefficient (Wildman–Crippen LogP) is 3.45. The van der Waals surface area contributed by atoms with Crippen LogP contribution in [0.2, 0.25) is 0 Å². The minimum atomic E-state index is -0.755. The molecule has 0 radical (unpaired) electrons. The normalized spacial score (nSPS) is 10.5. The molecule has 1 heterocycles. The van der Waals surface area contributed by atoms with E-state index in [1.54, 1.807) is 24.3 Å². The Balaban J connectivity index is 1.67. The zero-order valence-corrected chi connectivity index (χ0v) is 15.2. The van der Waals surface area contributed by atoms with Crippen molar-refractivity contribution in [3.05, 3.63) is 98.3 Å². The van der Waals surface area contributed by atoms with Crippen LogP contribution in [-0.2, 0) is 0 Å². The maximum atomic E-state index is 11.9. The molecule has 2 aromatic carbocycles. The van der Waals surface area contributed by atoms with Crippen LogP contribution >= 0.6 is 0 Å². The molecular formula is C19H13N5O6. The summed E-state index contributed by atoms with van der Waals surface area (Å²) in [5.41, 5.74) is 2.50. The van der Waals surface area contributed by atoms with Crippen LogP contribution in [0.1, 0.15) is 15.9 Å². The number of non-ortho nitro benzene ring substituents is 1. The number of carbonyl (C=O) groups excluding carboxylic acids is 1. The molecule has 0 spiro atoms. The number of nitro groups is 2. The molecule has 3 rings (SSSR count). The summed E-state index contributed by atoms with van der Waals surface area (Å²) < 4.78 is 5.48. The van der Waals surface area contributed by atoms with E-state index in [4.69, 9.17) is 4.74 Å². The first kappa shape index (κ1) is 20.1. The first-order valence-electron chi connectivity index (χ1n) is 8.38. The number of aromatic nitrogens is 1. The maximum Gasteiger partial charge on any atom is 0.318 e. The van der Waals surface area contributed by atoms with E-state index < -0.39 is 21.2 Å². The molecule has 0 atom stereocenters. The highest BCUT2D eigenvalue weighted by Crippen LogP contribution is 2.34. The van der Waals surface area contributed by atoms with Crippen molar-refractivity contribution in [3.63, 3.8) is 0 Å².